The fraction of sp³-hybridized carbons (Fsp3) is 0.455. The molecule has 2 aliphatic rings. The van der Waals surface area contributed by atoms with Crippen LogP contribution in [-0.4, -0.2) is 47.3 Å². The zero-order valence-electron chi connectivity index (χ0n) is 16.2. The lowest BCUT2D eigenvalue weighted by Crippen LogP contribution is -2.45. The number of morpholine rings is 1. The average Bonchev–Trinajstić information content (AvgIpc) is 3.09. The van der Waals surface area contributed by atoms with Gasteiger partial charge in [0.15, 0.2) is 0 Å². The molecule has 6 N–H and O–H groups in total. The first-order valence-corrected chi connectivity index (χ1v) is 10.2. The quantitative estimate of drug-likeness (QED) is 0.651. The molecule has 0 bridgehead atoms. The maximum absolute atomic E-state index is 10.1. The number of aromatic nitrogens is 1. The number of hydrogen-bond donors (Lipinski definition) is 4. The topological polar surface area (TPSA) is 101 Å². The predicted molar refractivity (Wildman–Crippen MR) is 113 cm³/mol. The van der Waals surface area contributed by atoms with E-state index in [0.717, 1.165) is 44.7 Å². The molecule has 1 unspecified atom stereocenters. The van der Waals surface area contributed by atoms with Crippen LogP contribution in [0.2, 0.25) is 0 Å². The second kappa shape index (κ2) is 8.29. The molecule has 150 valence electrons. The normalized spacial score (nSPS) is 24.4. The Morgan fingerprint density at radius 1 is 1.21 bits per heavy atom. The molecule has 2 aromatic rings. The minimum absolute atomic E-state index is 0.178. The van der Waals surface area contributed by atoms with Gasteiger partial charge in [0.2, 0.25) is 0 Å². The minimum atomic E-state index is 0.178. The van der Waals surface area contributed by atoms with Gasteiger partial charge in [0, 0.05) is 42.2 Å². The highest BCUT2D eigenvalue weighted by molar-refractivity contribution is 5.85. The Hall–Kier alpha value is -2.44. The molecule has 4 rings (SSSR count). The molecule has 1 aromatic carbocycles. The number of aromatic amines is 1. The van der Waals surface area contributed by atoms with Crippen LogP contribution in [0.4, 0.5) is 5.82 Å². The summed E-state index contributed by atoms with van der Waals surface area (Å²) in [5.41, 5.74) is 15.9. The molecule has 2 atom stereocenters. The summed E-state index contributed by atoms with van der Waals surface area (Å²) in [6, 6.07) is 7.72. The first-order valence-electron chi connectivity index (χ1n) is 10.2. The van der Waals surface area contributed by atoms with Crippen molar-refractivity contribution < 1.29 is 9.84 Å². The number of benzene rings is 1. The van der Waals surface area contributed by atoms with Gasteiger partial charge in [-0.05, 0) is 49.0 Å². The molecular formula is C22H30N4O2. The SMILES string of the molecule is N/C(=C\c1c(C2CCC[C@H](N3CCOCC3)C2)c[nH]c1N)c1ccccc1O. The molecule has 1 aromatic heterocycles. The van der Waals surface area contributed by atoms with Gasteiger partial charge in [0.05, 0.1) is 13.2 Å². The Morgan fingerprint density at radius 2 is 2.00 bits per heavy atom. The van der Waals surface area contributed by atoms with Crippen molar-refractivity contribution >= 4 is 17.6 Å². The molecule has 6 nitrogen and oxygen atoms in total. The number of nitrogens with two attached hydrogens (primary N) is 2. The zero-order chi connectivity index (χ0) is 19.5. The Labute approximate surface area is 166 Å². The van der Waals surface area contributed by atoms with Crippen LogP contribution in [-0.2, 0) is 4.74 Å². The lowest BCUT2D eigenvalue weighted by molar-refractivity contribution is 0.00657. The van der Waals surface area contributed by atoms with Crippen LogP contribution in [0.15, 0.2) is 30.5 Å². The first kappa shape index (κ1) is 18.9. The number of aromatic hydroxyl groups is 1. The van der Waals surface area contributed by atoms with Crippen molar-refractivity contribution in [2.24, 2.45) is 5.73 Å². The number of nitrogens with zero attached hydrogens (tertiary/aromatic N) is 1. The Balaban J connectivity index is 1.57. The zero-order valence-corrected chi connectivity index (χ0v) is 16.2. The van der Waals surface area contributed by atoms with Crippen molar-refractivity contribution in [2.45, 2.75) is 37.6 Å². The Kier molecular flexibility index (Phi) is 5.59. The monoisotopic (exact) mass is 382 g/mol. The maximum atomic E-state index is 10.1. The second-order valence-electron chi connectivity index (χ2n) is 7.85. The molecule has 6 heteroatoms. The fourth-order valence-corrected chi connectivity index (χ4v) is 4.64. The van der Waals surface area contributed by atoms with Gasteiger partial charge in [-0.3, -0.25) is 4.90 Å². The van der Waals surface area contributed by atoms with E-state index in [1.807, 2.05) is 24.4 Å². The number of para-hydroxylation sites is 1. The van der Waals surface area contributed by atoms with Gasteiger partial charge >= 0.3 is 0 Å². The number of nitrogen functional groups attached to an aromatic ring is 1. The van der Waals surface area contributed by atoms with Gasteiger partial charge in [0.25, 0.3) is 0 Å². The minimum Gasteiger partial charge on any atom is -0.507 e. The lowest BCUT2D eigenvalue weighted by atomic mass is 9.80. The van der Waals surface area contributed by atoms with Crippen molar-refractivity contribution in [2.75, 3.05) is 32.0 Å². The van der Waals surface area contributed by atoms with Crippen LogP contribution in [0.5, 0.6) is 5.75 Å². The third-order valence-electron chi connectivity index (χ3n) is 6.15. The van der Waals surface area contributed by atoms with Gasteiger partial charge in [-0.15, -0.1) is 0 Å². The molecular weight excluding hydrogens is 352 g/mol. The standard InChI is InChI=1S/C22H30N4O2/c23-20(17-6-1-2-7-21(17)27)13-18-19(14-25-22(18)24)15-4-3-5-16(12-15)26-8-10-28-11-9-26/h1-2,6-7,13-16,25,27H,3-5,8-12,23-24H2/b20-13-/t15?,16-/m0/s1. The molecule has 1 saturated heterocycles. The number of phenolic OH excluding ortho intramolecular Hbond substituents is 1. The molecule has 2 fully saturated rings. The lowest BCUT2D eigenvalue weighted by Gasteiger charge is -2.39. The number of anilines is 1. The van der Waals surface area contributed by atoms with Crippen LogP contribution >= 0.6 is 0 Å². The molecule has 0 spiro atoms. The van der Waals surface area contributed by atoms with Gasteiger partial charge in [0.1, 0.15) is 11.6 Å². The van der Waals surface area contributed by atoms with Crippen LogP contribution in [0.3, 0.4) is 0 Å². The predicted octanol–water partition coefficient (Wildman–Crippen LogP) is 3.12. The molecule has 2 heterocycles. The summed E-state index contributed by atoms with van der Waals surface area (Å²) >= 11 is 0. The van der Waals surface area contributed by atoms with Gasteiger partial charge in [-0.25, -0.2) is 0 Å². The Bertz CT molecular complexity index is 839. The van der Waals surface area contributed by atoms with Crippen molar-refractivity contribution in [1.29, 1.82) is 0 Å². The van der Waals surface area contributed by atoms with E-state index in [0.29, 0.717) is 29.0 Å². The van der Waals surface area contributed by atoms with E-state index in [-0.39, 0.29) is 5.75 Å². The van der Waals surface area contributed by atoms with E-state index in [1.165, 1.54) is 18.4 Å². The smallest absolute Gasteiger partial charge is 0.124 e. The number of rotatable bonds is 4. The number of phenols is 1. The highest BCUT2D eigenvalue weighted by Crippen LogP contribution is 2.39. The third kappa shape index (κ3) is 3.88. The molecule has 1 aliphatic heterocycles. The van der Waals surface area contributed by atoms with Crippen LogP contribution < -0.4 is 11.5 Å². The van der Waals surface area contributed by atoms with Gasteiger partial charge in [-0.1, -0.05) is 18.6 Å². The fourth-order valence-electron chi connectivity index (χ4n) is 4.64. The van der Waals surface area contributed by atoms with Crippen molar-refractivity contribution in [1.82, 2.24) is 9.88 Å². The Morgan fingerprint density at radius 3 is 2.79 bits per heavy atom. The largest absolute Gasteiger partial charge is 0.507 e. The summed E-state index contributed by atoms with van der Waals surface area (Å²) in [4.78, 5) is 5.76. The number of hydrogen-bond acceptors (Lipinski definition) is 5. The van der Waals surface area contributed by atoms with Crippen molar-refractivity contribution in [3.8, 4) is 5.75 Å². The number of H-pyrrole nitrogens is 1. The number of ether oxygens (including phenoxy) is 1. The number of nitrogens with one attached hydrogen (secondary N) is 1. The van der Waals surface area contributed by atoms with Crippen LogP contribution in [0, 0.1) is 0 Å². The average molecular weight is 383 g/mol. The summed E-state index contributed by atoms with van der Waals surface area (Å²) in [5, 5.41) is 10.1. The van der Waals surface area contributed by atoms with E-state index in [1.54, 1.807) is 12.1 Å². The van der Waals surface area contributed by atoms with Crippen molar-refractivity contribution in [3.05, 3.63) is 47.2 Å². The van der Waals surface area contributed by atoms with Gasteiger partial charge in [-0.2, -0.15) is 0 Å². The molecule has 0 amide bonds. The van der Waals surface area contributed by atoms with E-state index in [2.05, 4.69) is 9.88 Å². The van der Waals surface area contributed by atoms with Crippen LogP contribution in [0.1, 0.15) is 48.3 Å². The van der Waals surface area contributed by atoms with E-state index in [9.17, 15) is 5.11 Å². The molecule has 1 saturated carbocycles. The van der Waals surface area contributed by atoms with Crippen LogP contribution in [0.25, 0.3) is 11.8 Å². The van der Waals surface area contributed by atoms with E-state index in [4.69, 9.17) is 16.2 Å². The van der Waals surface area contributed by atoms with Crippen molar-refractivity contribution in [3.63, 3.8) is 0 Å². The summed E-state index contributed by atoms with van der Waals surface area (Å²) in [7, 11) is 0. The second-order valence-corrected chi connectivity index (χ2v) is 7.85. The third-order valence-corrected chi connectivity index (χ3v) is 6.15. The van der Waals surface area contributed by atoms with E-state index < -0.39 is 0 Å². The summed E-state index contributed by atoms with van der Waals surface area (Å²) in [6.45, 7) is 3.73. The highest BCUT2D eigenvalue weighted by Gasteiger charge is 2.30. The highest BCUT2D eigenvalue weighted by atomic mass is 16.5. The molecule has 0 radical (unpaired) electrons. The van der Waals surface area contributed by atoms with E-state index >= 15 is 0 Å². The van der Waals surface area contributed by atoms with Gasteiger partial charge < -0.3 is 26.3 Å². The first-order chi connectivity index (χ1) is 13.6. The molecule has 28 heavy (non-hydrogen) atoms. The summed E-state index contributed by atoms with van der Waals surface area (Å²) in [5.74, 6) is 1.26. The summed E-state index contributed by atoms with van der Waals surface area (Å²) < 4.78 is 5.51. The summed E-state index contributed by atoms with van der Waals surface area (Å²) in [6.07, 6.45) is 8.70. The maximum Gasteiger partial charge on any atom is 0.124 e. The molecule has 1 aliphatic carbocycles.